The monoisotopic (exact) mass is 378 g/mol. The minimum absolute atomic E-state index is 0.136. The predicted molar refractivity (Wildman–Crippen MR) is 108 cm³/mol. The van der Waals surface area contributed by atoms with Crippen LogP contribution in [-0.4, -0.2) is 56.3 Å². The van der Waals surface area contributed by atoms with Crippen LogP contribution in [0.1, 0.15) is 44.2 Å². The number of likely N-dealkylation sites (tertiary alicyclic amines) is 1. The number of halogens is 1. The molecule has 144 valence electrons. The van der Waals surface area contributed by atoms with Gasteiger partial charge in [0.2, 0.25) is 0 Å². The lowest BCUT2D eigenvalue weighted by molar-refractivity contribution is -0.0164. The number of hydrogen-bond acceptors (Lipinski definition) is 3. The Labute approximate surface area is 162 Å². The van der Waals surface area contributed by atoms with Crippen LogP contribution >= 0.6 is 11.6 Å². The Hall–Kier alpha value is -1.30. The Kier molecular flexibility index (Phi) is 6.79. The van der Waals surface area contributed by atoms with Crippen molar-refractivity contribution in [3.63, 3.8) is 0 Å². The number of nitrogens with zero attached hydrogens (tertiary/aromatic N) is 2. The number of ether oxygens (including phenoxy) is 1. The highest BCUT2D eigenvalue weighted by Crippen LogP contribution is 2.30. The summed E-state index contributed by atoms with van der Waals surface area (Å²) in [4.78, 5) is 7.09. The van der Waals surface area contributed by atoms with Gasteiger partial charge < -0.3 is 15.4 Å². The smallest absolute Gasteiger partial charge is 0.191 e. The van der Waals surface area contributed by atoms with Gasteiger partial charge in [-0.2, -0.15) is 0 Å². The molecule has 3 rings (SSSR count). The van der Waals surface area contributed by atoms with Gasteiger partial charge in [-0.25, -0.2) is 0 Å². The Morgan fingerprint density at radius 2 is 2.04 bits per heavy atom. The van der Waals surface area contributed by atoms with Gasteiger partial charge in [0.05, 0.1) is 6.04 Å². The molecule has 0 saturated carbocycles. The van der Waals surface area contributed by atoms with Gasteiger partial charge in [0.1, 0.15) is 0 Å². The number of rotatable bonds is 5. The van der Waals surface area contributed by atoms with Gasteiger partial charge in [0.15, 0.2) is 5.96 Å². The zero-order valence-electron chi connectivity index (χ0n) is 15.9. The van der Waals surface area contributed by atoms with Crippen LogP contribution in [0.5, 0.6) is 0 Å². The summed E-state index contributed by atoms with van der Waals surface area (Å²) in [7, 11) is 1.83. The third-order valence-electron chi connectivity index (χ3n) is 5.71. The standard InChI is InChI=1S/C20H31ClN4O/c1-16(17-6-5-7-18(21)14-17)24-19(22-2)23-15-20(8-12-26-13-9-20)25-10-3-4-11-25/h5-7,14,16H,3-4,8-13,15H2,1-2H3,(H2,22,23,24). The van der Waals surface area contributed by atoms with Gasteiger partial charge in [-0.1, -0.05) is 23.7 Å². The highest BCUT2D eigenvalue weighted by molar-refractivity contribution is 6.30. The average molecular weight is 379 g/mol. The molecule has 6 heteroatoms. The van der Waals surface area contributed by atoms with E-state index in [-0.39, 0.29) is 11.6 Å². The summed E-state index contributed by atoms with van der Waals surface area (Å²) in [5.74, 6) is 0.836. The molecule has 0 aromatic heterocycles. The Morgan fingerprint density at radius 1 is 1.31 bits per heavy atom. The number of guanidine groups is 1. The summed E-state index contributed by atoms with van der Waals surface area (Å²) in [5.41, 5.74) is 1.34. The van der Waals surface area contributed by atoms with Gasteiger partial charge >= 0.3 is 0 Å². The van der Waals surface area contributed by atoms with Gasteiger partial charge in [0.25, 0.3) is 0 Å². The zero-order chi connectivity index (χ0) is 18.4. The fourth-order valence-corrected chi connectivity index (χ4v) is 4.25. The van der Waals surface area contributed by atoms with Crippen LogP contribution in [0.3, 0.4) is 0 Å². The van der Waals surface area contributed by atoms with Crippen LogP contribution in [-0.2, 0) is 4.74 Å². The third kappa shape index (κ3) is 4.70. The van der Waals surface area contributed by atoms with Crippen LogP contribution in [0.25, 0.3) is 0 Å². The molecule has 0 radical (unpaired) electrons. The van der Waals surface area contributed by atoms with Crippen molar-refractivity contribution in [2.45, 2.75) is 44.2 Å². The van der Waals surface area contributed by atoms with Crippen molar-refractivity contribution in [3.8, 4) is 0 Å². The molecule has 2 heterocycles. The fourth-order valence-electron chi connectivity index (χ4n) is 4.05. The summed E-state index contributed by atoms with van der Waals surface area (Å²) in [6.45, 7) is 7.13. The van der Waals surface area contributed by atoms with Crippen molar-refractivity contribution in [1.29, 1.82) is 0 Å². The Balaban J connectivity index is 1.61. The van der Waals surface area contributed by atoms with Gasteiger partial charge in [-0.15, -0.1) is 0 Å². The van der Waals surface area contributed by atoms with Crippen molar-refractivity contribution >= 4 is 17.6 Å². The minimum atomic E-state index is 0.136. The predicted octanol–water partition coefficient (Wildman–Crippen LogP) is 3.21. The molecule has 0 amide bonds. The molecule has 2 fully saturated rings. The third-order valence-corrected chi connectivity index (χ3v) is 5.95. The normalized spacial score (nSPS) is 22.2. The quantitative estimate of drug-likeness (QED) is 0.610. The number of benzene rings is 1. The first-order valence-electron chi connectivity index (χ1n) is 9.68. The Bertz CT molecular complexity index is 610. The summed E-state index contributed by atoms with van der Waals surface area (Å²) in [6.07, 6.45) is 4.78. The molecule has 5 nitrogen and oxygen atoms in total. The van der Waals surface area contributed by atoms with Crippen LogP contribution in [0.2, 0.25) is 5.02 Å². The molecule has 26 heavy (non-hydrogen) atoms. The maximum absolute atomic E-state index is 6.12. The molecular weight excluding hydrogens is 348 g/mol. The zero-order valence-corrected chi connectivity index (χ0v) is 16.7. The molecule has 1 unspecified atom stereocenters. The Morgan fingerprint density at radius 3 is 2.69 bits per heavy atom. The van der Waals surface area contributed by atoms with Crippen molar-refractivity contribution in [2.24, 2.45) is 4.99 Å². The second-order valence-corrected chi connectivity index (χ2v) is 7.81. The minimum Gasteiger partial charge on any atom is -0.381 e. The van der Waals surface area contributed by atoms with Crippen LogP contribution in [0.4, 0.5) is 0 Å². The maximum Gasteiger partial charge on any atom is 0.191 e. The molecular formula is C20H31ClN4O. The highest BCUT2D eigenvalue weighted by atomic mass is 35.5. The molecule has 0 aliphatic carbocycles. The number of hydrogen-bond donors (Lipinski definition) is 2. The van der Waals surface area contributed by atoms with Crippen molar-refractivity contribution in [3.05, 3.63) is 34.9 Å². The average Bonchev–Trinajstić information content (AvgIpc) is 3.21. The lowest BCUT2D eigenvalue weighted by Crippen LogP contribution is -2.58. The number of aliphatic imine (C=N–C) groups is 1. The van der Waals surface area contributed by atoms with E-state index in [1.165, 1.54) is 25.9 Å². The molecule has 1 aromatic rings. The van der Waals surface area contributed by atoms with E-state index < -0.39 is 0 Å². The van der Waals surface area contributed by atoms with Crippen molar-refractivity contribution in [1.82, 2.24) is 15.5 Å². The SMILES string of the molecule is CN=C(NCC1(N2CCCC2)CCOCC1)NC(C)c1cccc(Cl)c1. The van der Waals surface area contributed by atoms with E-state index in [9.17, 15) is 0 Å². The molecule has 2 aliphatic rings. The largest absolute Gasteiger partial charge is 0.381 e. The van der Waals surface area contributed by atoms with E-state index in [1.54, 1.807) is 0 Å². The van der Waals surface area contributed by atoms with Gasteiger partial charge in [-0.3, -0.25) is 9.89 Å². The van der Waals surface area contributed by atoms with Gasteiger partial charge in [-0.05, 0) is 63.4 Å². The lowest BCUT2D eigenvalue weighted by atomic mass is 9.88. The first kappa shape index (κ1) is 19.5. The summed E-state index contributed by atoms with van der Waals surface area (Å²) in [6, 6.07) is 8.10. The topological polar surface area (TPSA) is 48.9 Å². The molecule has 2 N–H and O–H groups in total. The first-order valence-corrected chi connectivity index (χ1v) is 10.1. The van der Waals surface area contributed by atoms with Crippen LogP contribution in [0.15, 0.2) is 29.3 Å². The van der Waals surface area contributed by atoms with E-state index in [1.807, 2.05) is 25.2 Å². The molecule has 2 aliphatic heterocycles. The molecule has 1 atom stereocenters. The van der Waals surface area contributed by atoms with Crippen LogP contribution in [0, 0.1) is 0 Å². The number of nitrogens with one attached hydrogen (secondary N) is 2. The van der Waals surface area contributed by atoms with E-state index in [2.05, 4.69) is 33.5 Å². The summed E-state index contributed by atoms with van der Waals surface area (Å²) < 4.78 is 5.64. The highest BCUT2D eigenvalue weighted by Gasteiger charge is 2.39. The van der Waals surface area contributed by atoms with E-state index in [0.717, 1.165) is 49.1 Å². The maximum atomic E-state index is 6.12. The van der Waals surface area contributed by atoms with E-state index in [0.29, 0.717) is 0 Å². The van der Waals surface area contributed by atoms with Crippen LogP contribution < -0.4 is 10.6 Å². The van der Waals surface area contributed by atoms with Crippen molar-refractivity contribution < 1.29 is 4.74 Å². The molecule has 2 saturated heterocycles. The van der Waals surface area contributed by atoms with Gasteiger partial charge in [0, 0.05) is 37.4 Å². The molecule has 0 spiro atoms. The van der Waals surface area contributed by atoms with E-state index >= 15 is 0 Å². The van der Waals surface area contributed by atoms with Crippen molar-refractivity contribution in [2.75, 3.05) is 39.9 Å². The summed E-state index contributed by atoms with van der Waals surface area (Å²) in [5, 5.41) is 7.83. The summed E-state index contributed by atoms with van der Waals surface area (Å²) >= 11 is 6.12. The second-order valence-electron chi connectivity index (χ2n) is 7.38. The molecule has 1 aromatic carbocycles. The van der Waals surface area contributed by atoms with E-state index in [4.69, 9.17) is 16.3 Å². The second kappa shape index (κ2) is 9.07. The molecule has 0 bridgehead atoms. The fraction of sp³-hybridized carbons (Fsp3) is 0.650. The first-order chi connectivity index (χ1) is 12.6. The lowest BCUT2D eigenvalue weighted by Gasteiger charge is -2.45.